The second-order valence-electron chi connectivity index (χ2n) is 15.1. The fraction of sp³-hybridized carbons (Fsp3) is 0.550. The summed E-state index contributed by atoms with van der Waals surface area (Å²) in [6.07, 6.45) is 9.49. The Morgan fingerprint density at radius 2 is 1.46 bits per heavy atom. The molecule has 1 aromatic heterocycles. The van der Waals surface area contributed by atoms with Crippen molar-refractivity contribution in [1.29, 1.82) is 5.26 Å². The minimum atomic E-state index is -4.35. The lowest BCUT2D eigenvalue weighted by Crippen LogP contribution is -2.60. The zero-order chi connectivity index (χ0) is 43.7. The molecule has 1 aliphatic rings. The van der Waals surface area contributed by atoms with E-state index in [1.54, 1.807) is 18.6 Å². The highest BCUT2D eigenvalue weighted by molar-refractivity contribution is 7.90. The number of aromatic nitrogens is 2. The number of hydrogen-bond donors (Lipinski definition) is 6. The van der Waals surface area contributed by atoms with Crippen molar-refractivity contribution in [3.8, 4) is 6.07 Å². The SMILES string of the molecule is CCC(NC(=O)[C@H](CC1CCCCC1)NC(=O)[C@@H](NC(=O)[C@H](CC(C)C)NC(=O)c1cnccn1)[C@@H](C)CC)C(=O)C(=O)NCC(=O)NS(=O)(=O)c1ccc(C#N)cc1. The third-order valence-electron chi connectivity index (χ3n) is 10.1. The molecular weight excluding hydrogens is 783 g/mol. The lowest BCUT2D eigenvalue weighted by Gasteiger charge is -2.31. The van der Waals surface area contributed by atoms with Crippen molar-refractivity contribution < 1.29 is 42.0 Å². The van der Waals surface area contributed by atoms with Crippen LogP contribution in [0.3, 0.4) is 0 Å². The topological polar surface area (TPSA) is 275 Å². The van der Waals surface area contributed by atoms with Crippen molar-refractivity contribution in [3.05, 3.63) is 54.1 Å². The molecule has 0 bridgehead atoms. The number of rotatable bonds is 21. The van der Waals surface area contributed by atoms with Crippen LogP contribution >= 0.6 is 0 Å². The number of nitrogens with zero attached hydrogens (tertiary/aromatic N) is 3. The van der Waals surface area contributed by atoms with Gasteiger partial charge < -0.3 is 26.6 Å². The van der Waals surface area contributed by atoms with Crippen LogP contribution in [-0.4, -0.2) is 90.3 Å². The molecule has 1 saturated carbocycles. The van der Waals surface area contributed by atoms with Gasteiger partial charge in [-0.15, -0.1) is 0 Å². The van der Waals surface area contributed by atoms with E-state index in [9.17, 15) is 42.0 Å². The van der Waals surface area contributed by atoms with E-state index < -0.39 is 87.9 Å². The van der Waals surface area contributed by atoms with E-state index in [0.29, 0.717) is 6.42 Å². The van der Waals surface area contributed by atoms with Crippen LogP contribution in [0.5, 0.6) is 0 Å². The fourth-order valence-electron chi connectivity index (χ4n) is 6.54. The predicted octanol–water partition coefficient (Wildman–Crippen LogP) is 1.56. The van der Waals surface area contributed by atoms with Gasteiger partial charge in [-0.05, 0) is 61.3 Å². The number of amides is 6. The molecule has 320 valence electrons. The van der Waals surface area contributed by atoms with Gasteiger partial charge in [-0.3, -0.25) is 38.5 Å². The first-order chi connectivity index (χ1) is 28.0. The smallest absolute Gasteiger partial charge is 0.290 e. The molecule has 19 heteroatoms. The summed E-state index contributed by atoms with van der Waals surface area (Å²) in [6, 6.07) is 1.96. The van der Waals surface area contributed by atoms with Crippen molar-refractivity contribution in [3.63, 3.8) is 0 Å². The number of carbonyl (C=O) groups is 7. The first-order valence-corrected chi connectivity index (χ1v) is 21.3. The molecule has 0 radical (unpaired) electrons. The van der Waals surface area contributed by atoms with E-state index in [-0.39, 0.29) is 47.3 Å². The van der Waals surface area contributed by atoms with Gasteiger partial charge in [0.15, 0.2) is 0 Å². The zero-order valence-corrected chi connectivity index (χ0v) is 34.9. The van der Waals surface area contributed by atoms with Crippen molar-refractivity contribution in [1.82, 2.24) is 41.3 Å². The average molecular weight is 838 g/mol. The van der Waals surface area contributed by atoms with Crippen molar-refractivity contribution >= 4 is 51.2 Å². The summed E-state index contributed by atoms with van der Waals surface area (Å²) < 4.78 is 26.9. The molecule has 18 nitrogen and oxygen atoms in total. The standard InChI is InChI=1S/C40H55N9O9S/c1-6-25(5)34(48-37(53)30(19-24(3)4)46-38(54)32-22-42-17-18-43-32)39(55)47-31(20-26-11-9-8-10-12-26)36(52)45-29(7-2)35(51)40(56)44-23-33(50)49-59(57,58)28-15-13-27(21-41)14-16-28/h13-18,22,24-26,29-31,34H,6-12,19-20,23H2,1-5H3,(H,44,56)(H,45,52)(H,46,54)(H,47,55)(H,48,53)(H,49,50)/t25-,29?,30-,31-,34-/m0/s1. The van der Waals surface area contributed by atoms with Gasteiger partial charge in [0.1, 0.15) is 23.8 Å². The van der Waals surface area contributed by atoms with Gasteiger partial charge in [-0.2, -0.15) is 5.26 Å². The molecule has 0 aliphatic heterocycles. The third kappa shape index (κ3) is 14.8. The lowest BCUT2D eigenvalue weighted by molar-refractivity contribution is -0.141. The number of ketones is 1. The van der Waals surface area contributed by atoms with Gasteiger partial charge in [0.05, 0.1) is 35.3 Å². The number of nitriles is 1. The Bertz CT molecular complexity index is 1950. The molecule has 0 saturated heterocycles. The number of benzene rings is 1. The summed E-state index contributed by atoms with van der Waals surface area (Å²) in [5.74, 6) is -6.44. The van der Waals surface area contributed by atoms with Gasteiger partial charge in [0.2, 0.25) is 23.5 Å². The molecule has 6 amide bonds. The Morgan fingerprint density at radius 3 is 2.03 bits per heavy atom. The van der Waals surface area contributed by atoms with Gasteiger partial charge >= 0.3 is 0 Å². The fourth-order valence-corrected chi connectivity index (χ4v) is 7.53. The highest BCUT2D eigenvalue weighted by Gasteiger charge is 2.35. The molecule has 59 heavy (non-hydrogen) atoms. The highest BCUT2D eigenvalue weighted by atomic mass is 32.2. The van der Waals surface area contributed by atoms with E-state index in [2.05, 4.69) is 36.6 Å². The summed E-state index contributed by atoms with van der Waals surface area (Å²) >= 11 is 0. The summed E-state index contributed by atoms with van der Waals surface area (Å²) in [5.41, 5.74) is 0.218. The second kappa shape index (κ2) is 23.0. The Hall–Kier alpha value is -5.77. The lowest BCUT2D eigenvalue weighted by atomic mass is 9.84. The number of sulfonamides is 1. The monoisotopic (exact) mass is 837 g/mol. The van der Waals surface area contributed by atoms with Crippen LogP contribution in [0.2, 0.25) is 0 Å². The van der Waals surface area contributed by atoms with Crippen molar-refractivity contribution in [2.75, 3.05) is 6.54 Å². The number of carbonyl (C=O) groups excluding carboxylic acids is 7. The summed E-state index contributed by atoms with van der Waals surface area (Å²) in [5, 5.41) is 21.9. The van der Waals surface area contributed by atoms with Gasteiger partial charge in [-0.1, -0.05) is 73.1 Å². The predicted molar refractivity (Wildman–Crippen MR) is 214 cm³/mol. The number of hydrogen-bond acceptors (Lipinski definition) is 12. The van der Waals surface area contributed by atoms with Crippen LogP contribution in [0.4, 0.5) is 0 Å². The Morgan fingerprint density at radius 1 is 0.814 bits per heavy atom. The van der Waals surface area contributed by atoms with Crippen LogP contribution in [0.1, 0.15) is 108 Å². The molecule has 5 atom stereocenters. The summed E-state index contributed by atoms with van der Waals surface area (Å²) in [7, 11) is -4.35. The van der Waals surface area contributed by atoms with Gasteiger partial charge in [-0.25, -0.2) is 18.1 Å². The van der Waals surface area contributed by atoms with E-state index in [4.69, 9.17) is 5.26 Å². The zero-order valence-electron chi connectivity index (χ0n) is 34.1. The van der Waals surface area contributed by atoms with E-state index in [1.807, 2.05) is 26.8 Å². The van der Waals surface area contributed by atoms with Crippen molar-refractivity contribution in [2.24, 2.45) is 17.8 Å². The maximum Gasteiger partial charge on any atom is 0.290 e. The average Bonchev–Trinajstić information content (AvgIpc) is 3.22. The maximum absolute atomic E-state index is 14.1. The first kappa shape index (κ1) is 47.6. The quantitative estimate of drug-likeness (QED) is 0.0978. The molecule has 1 aromatic carbocycles. The van der Waals surface area contributed by atoms with Gasteiger partial charge in [0.25, 0.3) is 27.7 Å². The Kier molecular flexibility index (Phi) is 18.5. The van der Waals surface area contributed by atoms with Crippen molar-refractivity contribution in [2.45, 2.75) is 121 Å². The maximum atomic E-state index is 14.1. The van der Waals surface area contributed by atoms with Crippen LogP contribution in [0.15, 0.2) is 47.8 Å². The summed E-state index contributed by atoms with van der Waals surface area (Å²) in [6.45, 7) is 8.03. The first-order valence-electron chi connectivity index (χ1n) is 19.8. The van der Waals surface area contributed by atoms with E-state index in [1.165, 1.54) is 30.7 Å². The Balaban J connectivity index is 1.72. The Labute approximate surface area is 344 Å². The molecular formula is C40H55N9O9S. The number of nitrogens with one attached hydrogen (secondary N) is 6. The summed E-state index contributed by atoms with van der Waals surface area (Å²) in [4.78, 5) is 101. The second-order valence-corrected chi connectivity index (χ2v) is 16.8. The normalized spacial score (nSPS) is 15.5. The molecule has 1 unspecified atom stereocenters. The molecule has 1 aliphatic carbocycles. The van der Waals surface area contributed by atoms with Crippen LogP contribution in [0, 0.1) is 29.1 Å². The minimum Gasteiger partial charge on any atom is -0.344 e. The van der Waals surface area contributed by atoms with Crippen LogP contribution in [-0.2, 0) is 38.8 Å². The molecule has 2 aromatic rings. The third-order valence-corrected chi connectivity index (χ3v) is 11.5. The number of Topliss-reactive ketones (excluding diaryl/α,β-unsaturated/α-hetero) is 1. The van der Waals surface area contributed by atoms with E-state index in [0.717, 1.165) is 44.2 Å². The molecule has 3 rings (SSSR count). The van der Waals surface area contributed by atoms with E-state index >= 15 is 0 Å². The largest absolute Gasteiger partial charge is 0.344 e. The van der Waals surface area contributed by atoms with Crippen LogP contribution < -0.4 is 31.3 Å². The molecule has 0 spiro atoms. The minimum absolute atomic E-state index is 0.0141. The molecule has 6 N–H and O–H groups in total. The van der Waals surface area contributed by atoms with Crippen LogP contribution in [0.25, 0.3) is 0 Å². The van der Waals surface area contributed by atoms with Gasteiger partial charge in [0, 0.05) is 12.4 Å². The highest BCUT2D eigenvalue weighted by Crippen LogP contribution is 2.27. The molecule has 1 fully saturated rings. The molecule has 1 heterocycles.